The number of nitrogens with zero attached hydrogens (tertiary/aromatic N) is 1. The molecule has 0 aromatic heterocycles. The van der Waals surface area contributed by atoms with E-state index in [1.165, 1.54) is 6.07 Å². The highest BCUT2D eigenvalue weighted by Gasteiger charge is 2.33. The van der Waals surface area contributed by atoms with Gasteiger partial charge in [-0.25, -0.2) is 0 Å². The summed E-state index contributed by atoms with van der Waals surface area (Å²) in [5.41, 5.74) is 5.69. The zero-order chi connectivity index (χ0) is 14.5. The van der Waals surface area contributed by atoms with Crippen molar-refractivity contribution in [2.45, 2.75) is 32.9 Å². The summed E-state index contributed by atoms with van der Waals surface area (Å²) in [4.78, 5) is 1.95. The minimum absolute atomic E-state index is 0.217. The van der Waals surface area contributed by atoms with Gasteiger partial charge in [0.1, 0.15) is 0 Å². The Morgan fingerprint density at radius 3 is 2.37 bits per heavy atom. The number of halogens is 3. The molecule has 0 bridgehead atoms. The summed E-state index contributed by atoms with van der Waals surface area (Å²) in [5, 5.41) is 0. The molecule has 1 rings (SSSR count). The van der Waals surface area contributed by atoms with Crippen LogP contribution in [0.3, 0.4) is 0 Å². The smallest absolute Gasteiger partial charge is 0.372 e. The molecule has 2 nitrogen and oxygen atoms in total. The van der Waals surface area contributed by atoms with E-state index >= 15 is 0 Å². The van der Waals surface area contributed by atoms with E-state index < -0.39 is 11.7 Å². The van der Waals surface area contributed by atoms with Gasteiger partial charge >= 0.3 is 6.18 Å². The van der Waals surface area contributed by atoms with E-state index in [4.69, 9.17) is 5.73 Å². The Morgan fingerprint density at radius 2 is 1.89 bits per heavy atom. The number of rotatable bonds is 6. The van der Waals surface area contributed by atoms with Crippen molar-refractivity contribution in [3.63, 3.8) is 0 Å². The molecule has 0 amide bonds. The van der Waals surface area contributed by atoms with Crippen LogP contribution in [0.15, 0.2) is 18.2 Å². The molecule has 2 N–H and O–H groups in total. The molecule has 0 spiro atoms. The standard InChI is InChI=1S/C14H21F3N2/c1-3-9-19(4-2)12-6-5-11(7-8-18)13(10-12)14(15,16)17/h5-6,10H,3-4,7-9,18H2,1-2H3. The van der Waals surface area contributed by atoms with Crippen LogP contribution in [0.2, 0.25) is 0 Å². The number of benzene rings is 1. The summed E-state index contributed by atoms with van der Waals surface area (Å²) < 4.78 is 39.1. The van der Waals surface area contributed by atoms with Crippen molar-refractivity contribution in [3.05, 3.63) is 29.3 Å². The van der Waals surface area contributed by atoms with Crippen LogP contribution >= 0.6 is 0 Å². The second kappa shape index (κ2) is 6.80. The highest BCUT2D eigenvalue weighted by molar-refractivity contribution is 5.52. The van der Waals surface area contributed by atoms with Crippen molar-refractivity contribution in [2.24, 2.45) is 5.73 Å². The molecule has 5 heteroatoms. The summed E-state index contributed by atoms with van der Waals surface area (Å²) in [6.45, 7) is 5.62. The fourth-order valence-electron chi connectivity index (χ4n) is 2.14. The zero-order valence-electron chi connectivity index (χ0n) is 11.4. The van der Waals surface area contributed by atoms with Crippen molar-refractivity contribution in [1.29, 1.82) is 0 Å². The lowest BCUT2D eigenvalue weighted by Gasteiger charge is -2.24. The van der Waals surface area contributed by atoms with E-state index in [0.717, 1.165) is 13.0 Å². The number of nitrogens with two attached hydrogens (primary N) is 1. The number of anilines is 1. The van der Waals surface area contributed by atoms with Gasteiger partial charge in [0.15, 0.2) is 0 Å². The van der Waals surface area contributed by atoms with Crippen LogP contribution in [-0.4, -0.2) is 19.6 Å². The molecule has 0 unspecified atom stereocenters. The fourth-order valence-corrected chi connectivity index (χ4v) is 2.14. The molecule has 0 fully saturated rings. The highest BCUT2D eigenvalue weighted by atomic mass is 19.4. The normalized spacial score (nSPS) is 11.7. The first-order valence-electron chi connectivity index (χ1n) is 6.59. The van der Waals surface area contributed by atoms with Crippen LogP contribution in [0.4, 0.5) is 18.9 Å². The Labute approximate surface area is 112 Å². The lowest BCUT2D eigenvalue weighted by molar-refractivity contribution is -0.138. The van der Waals surface area contributed by atoms with Gasteiger partial charge in [0.25, 0.3) is 0 Å². The molecule has 0 radical (unpaired) electrons. The Hall–Kier alpha value is -1.23. The molecule has 0 saturated heterocycles. The van der Waals surface area contributed by atoms with Crippen LogP contribution in [-0.2, 0) is 12.6 Å². The van der Waals surface area contributed by atoms with Crippen molar-refractivity contribution in [2.75, 3.05) is 24.5 Å². The van der Waals surface area contributed by atoms with Crippen molar-refractivity contribution in [3.8, 4) is 0 Å². The molecular formula is C14H21F3N2. The third-order valence-corrected chi connectivity index (χ3v) is 3.05. The van der Waals surface area contributed by atoms with Gasteiger partial charge in [0.05, 0.1) is 5.56 Å². The molecular weight excluding hydrogens is 253 g/mol. The van der Waals surface area contributed by atoms with Crippen molar-refractivity contribution in [1.82, 2.24) is 0 Å². The van der Waals surface area contributed by atoms with Gasteiger partial charge in [-0.3, -0.25) is 0 Å². The number of hydrogen-bond acceptors (Lipinski definition) is 2. The van der Waals surface area contributed by atoms with E-state index in [-0.39, 0.29) is 18.5 Å². The largest absolute Gasteiger partial charge is 0.416 e. The molecule has 0 aliphatic carbocycles. The maximum absolute atomic E-state index is 13.0. The van der Waals surface area contributed by atoms with Gasteiger partial charge in [0, 0.05) is 18.8 Å². The van der Waals surface area contributed by atoms with E-state index in [0.29, 0.717) is 12.2 Å². The first-order valence-corrected chi connectivity index (χ1v) is 6.59. The molecule has 1 aromatic rings. The quantitative estimate of drug-likeness (QED) is 0.861. The monoisotopic (exact) mass is 274 g/mol. The Bertz CT molecular complexity index is 402. The number of alkyl halides is 3. The van der Waals surface area contributed by atoms with Crippen LogP contribution in [0.1, 0.15) is 31.4 Å². The predicted molar refractivity (Wildman–Crippen MR) is 72.4 cm³/mol. The van der Waals surface area contributed by atoms with Gasteiger partial charge in [-0.2, -0.15) is 13.2 Å². The fraction of sp³-hybridized carbons (Fsp3) is 0.571. The topological polar surface area (TPSA) is 29.3 Å². The second-order valence-electron chi connectivity index (χ2n) is 4.46. The van der Waals surface area contributed by atoms with E-state index in [1.54, 1.807) is 12.1 Å². The maximum Gasteiger partial charge on any atom is 0.416 e. The van der Waals surface area contributed by atoms with Gasteiger partial charge in [0.2, 0.25) is 0 Å². The van der Waals surface area contributed by atoms with Gasteiger partial charge in [-0.1, -0.05) is 13.0 Å². The lowest BCUT2D eigenvalue weighted by atomic mass is 10.0. The van der Waals surface area contributed by atoms with Crippen LogP contribution in [0.5, 0.6) is 0 Å². The van der Waals surface area contributed by atoms with Crippen molar-refractivity contribution >= 4 is 5.69 Å². The number of hydrogen-bond donors (Lipinski definition) is 1. The minimum Gasteiger partial charge on any atom is -0.372 e. The lowest BCUT2D eigenvalue weighted by Crippen LogP contribution is -2.24. The molecule has 0 saturated carbocycles. The maximum atomic E-state index is 13.0. The summed E-state index contributed by atoms with van der Waals surface area (Å²) in [6.07, 6.45) is -3.18. The van der Waals surface area contributed by atoms with Crippen molar-refractivity contribution < 1.29 is 13.2 Å². The average Bonchev–Trinajstić information content (AvgIpc) is 2.35. The van der Waals surface area contributed by atoms with Gasteiger partial charge in [-0.05, 0) is 44.0 Å². The Kier molecular flexibility index (Phi) is 5.66. The van der Waals surface area contributed by atoms with E-state index in [2.05, 4.69) is 0 Å². The average molecular weight is 274 g/mol. The highest BCUT2D eigenvalue weighted by Crippen LogP contribution is 2.34. The van der Waals surface area contributed by atoms with Crippen LogP contribution in [0, 0.1) is 0 Å². The molecule has 0 atom stereocenters. The molecule has 1 aromatic carbocycles. The minimum atomic E-state index is -4.33. The molecule has 0 heterocycles. The Morgan fingerprint density at radius 1 is 1.21 bits per heavy atom. The summed E-state index contributed by atoms with van der Waals surface area (Å²) in [7, 11) is 0. The second-order valence-corrected chi connectivity index (χ2v) is 4.46. The predicted octanol–water partition coefficient (Wildman–Crippen LogP) is 3.44. The first kappa shape index (κ1) is 15.8. The molecule has 0 aliphatic rings. The third-order valence-electron chi connectivity index (χ3n) is 3.05. The van der Waals surface area contributed by atoms with Crippen LogP contribution < -0.4 is 10.6 Å². The first-order chi connectivity index (χ1) is 8.93. The van der Waals surface area contributed by atoms with E-state index in [1.807, 2.05) is 18.7 Å². The third kappa shape index (κ3) is 4.13. The Balaban J connectivity index is 3.17. The van der Waals surface area contributed by atoms with Gasteiger partial charge < -0.3 is 10.6 Å². The summed E-state index contributed by atoms with van der Waals surface area (Å²) in [5.74, 6) is 0. The molecule has 0 aliphatic heterocycles. The van der Waals surface area contributed by atoms with Crippen LogP contribution in [0.25, 0.3) is 0 Å². The zero-order valence-corrected chi connectivity index (χ0v) is 11.4. The molecule has 19 heavy (non-hydrogen) atoms. The molecule has 108 valence electrons. The summed E-state index contributed by atoms with van der Waals surface area (Å²) >= 11 is 0. The van der Waals surface area contributed by atoms with E-state index in [9.17, 15) is 13.2 Å². The SMILES string of the molecule is CCCN(CC)c1ccc(CCN)c(C(F)(F)F)c1. The summed E-state index contributed by atoms with van der Waals surface area (Å²) in [6, 6.07) is 4.53. The van der Waals surface area contributed by atoms with Gasteiger partial charge in [-0.15, -0.1) is 0 Å².